The topological polar surface area (TPSA) is 143 Å². The van der Waals surface area contributed by atoms with Gasteiger partial charge >= 0.3 is 6.09 Å². The Morgan fingerprint density at radius 1 is 1.32 bits per heavy atom. The van der Waals surface area contributed by atoms with Crippen LogP contribution in [0, 0.1) is 11.7 Å². The van der Waals surface area contributed by atoms with Crippen LogP contribution in [0.2, 0.25) is 5.02 Å². The van der Waals surface area contributed by atoms with Gasteiger partial charge in [0.1, 0.15) is 5.82 Å². The quantitative estimate of drug-likeness (QED) is 0.450. The first-order valence-corrected chi connectivity index (χ1v) is 9.66. The number of Topliss-reactive ketones (excluding diaryl/α,β-unsaturated/α-hetero) is 1. The van der Waals surface area contributed by atoms with Crippen molar-refractivity contribution in [3.63, 3.8) is 0 Å². The molecule has 10 nitrogen and oxygen atoms in total. The number of nitrogens with one attached hydrogen (secondary N) is 4. The van der Waals surface area contributed by atoms with Crippen molar-refractivity contribution in [2.45, 2.75) is 31.8 Å². The fourth-order valence-corrected chi connectivity index (χ4v) is 3.35. The number of benzene rings is 1. The van der Waals surface area contributed by atoms with Gasteiger partial charge in [0.25, 0.3) is 11.8 Å². The van der Waals surface area contributed by atoms with E-state index in [1.54, 1.807) is 6.92 Å². The largest absolute Gasteiger partial charge is 0.453 e. The maximum atomic E-state index is 14.0. The van der Waals surface area contributed by atoms with E-state index in [0.717, 1.165) is 19.2 Å². The van der Waals surface area contributed by atoms with Crippen molar-refractivity contribution in [1.82, 2.24) is 16.0 Å². The third kappa shape index (κ3) is 5.91. The second-order valence-corrected chi connectivity index (χ2v) is 7.38. The number of anilines is 1. The van der Waals surface area contributed by atoms with E-state index in [1.807, 2.05) is 0 Å². The molecular weight excluding hydrogens is 435 g/mol. The zero-order valence-electron chi connectivity index (χ0n) is 17.0. The smallest absolute Gasteiger partial charge is 0.411 e. The van der Waals surface area contributed by atoms with Crippen LogP contribution in [0.3, 0.4) is 0 Å². The van der Waals surface area contributed by atoms with Gasteiger partial charge in [-0.1, -0.05) is 11.6 Å². The van der Waals surface area contributed by atoms with Crippen molar-refractivity contribution in [2.24, 2.45) is 5.92 Å². The van der Waals surface area contributed by atoms with E-state index < -0.39 is 41.5 Å². The molecule has 0 saturated carbocycles. The summed E-state index contributed by atoms with van der Waals surface area (Å²) in [5.41, 5.74) is -0.527. The number of halogens is 2. The summed E-state index contributed by atoms with van der Waals surface area (Å²) in [5.74, 6) is -4.76. The summed E-state index contributed by atoms with van der Waals surface area (Å²) < 4.78 is 18.5. The first-order valence-electron chi connectivity index (χ1n) is 9.28. The number of methoxy groups -OCH3 is 1. The van der Waals surface area contributed by atoms with Crippen LogP contribution >= 0.6 is 11.6 Å². The molecule has 0 bridgehead atoms. The van der Waals surface area contributed by atoms with Gasteiger partial charge in [0.2, 0.25) is 11.7 Å². The lowest BCUT2D eigenvalue weighted by Gasteiger charge is -2.20. The standard InChI is InChI=1S/C19H22ClFN4O6/c1-8-4-9(16(27)23-8)5-14(15(26)18(29)22-2)24-17(28)10-6-12(21)11(20)7-13(10)25-19(30)31-3/h6-9,14H,4-5H2,1-3H3,(H,22,29)(H,23,27)(H,24,28)(H,25,30)/t8-,9+,14+/m1/s1. The number of hydrogen-bond donors (Lipinski definition) is 4. The molecule has 1 fully saturated rings. The molecule has 31 heavy (non-hydrogen) atoms. The van der Waals surface area contributed by atoms with E-state index in [0.29, 0.717) is 6.42 Å². The van der Waals surface area contributed by atoms with E-state index in [4.69, 9.17) is 11.6 Å². The highest BCUT2D eigenvalue weighted by Gasteiger charge is 2.36. The Kier molecular flexibility index (Phi) is 7.92. The lowest BCUT2D eigenvalue weighted by atomic mass is 9.93. The predicted octanol–water partition coefficient (Wildman–Crippen LogP) is 0.986. The van der Waals surface area contributed by atoms with Crippen LogP contribution in [0.1, 0.15) is 30.1 Å². The number of carbonyl (C=O) groups is 5. The molecule has 2 rings (SSSR count). The number of hydrogen-bond acceptors (Lipinski definition) is 6. The molecule has 1 heterocycles. The first-order chi connectivity index (χ1) is 14.6. The molecule has 1 aromatic rings. The molecule has 1 aliphatic rings. The fraction of sp³-hybridized carbons (Fsp3) is 0.421. The maximum absolute atomic E-state index is 14.0. The summed E-state index contributed by atoms with van der Waals surface area (Å²) in [6.07, 6.45) is -0.660. The Balaban J connectivity index is 2.33. The van der Waals surface area contributed by atoms with Crippen molar-refractivity contribution in [2.75, 3.05) is 19.5 Å². The zero-order chi connectivity index (χ0) is 23.3. The summed E-state index contributed by atoms with van der Waals surface area (Å²) in [6, 6.07) is 0.294. The Bertz CT molecular complexity index is 925. The van der Waals surface area contributed by atoms with Gasteiger partial charge in [-0.05, 0) is 31.9 Å². The van der Waals surface area contributed by atoms with E-state index in [9.17, 15) is 28.4 Å². The highest BCUT2D eigenvalue weighted by molar-refractivity contribution is 6.38. The Morgan fingerprint density at radius 3 is 2.55 bits per heavy atom. The average molecular weight is 457 g/mol. The molecule has 0 aliphatic carbocycles. The van der Waals surface area contributed by atoms with E-state index in [1.165, 1.54) is 7.05 Å². The van der Waals surface area contributed by atoms with Crippen LogP contribution in [0.5, 0.6) is 0 Å². The molecule has 0 radical (unpaired) electrons. The van der Waals surface area contributed by atoms with Crippen LogP contribution < -0.4 is 21.3 Å². The zero-order valence-corrected chi connectivity index (χ0v) is 17.8. The Hall–Kier alpha value is -3.21. The van der Waals surface area contributed by atoms with Crippen molar-refractivity contribution in [3.8, 4) is 0 Å². The molecule has 1 aliphatic heterocycles. The highest BCUT2D eigenvalue weighted by atomic mass is 35.5. The van der Waals surface area contributed by atoms with Gasteiger partial charge in [-0.25, -0.2) is 9.18 Å². The van der Waals surface area contributed by atoms with Crippen molar-refractivity contribution in [3.05, 3.63) is 28.5 Å². The minimum atomic E-state index is -1.36. The fourth-order valence-electron chi connectivity index (χ4n) is 3.19. The number of amides is 4. The number of rotatable bonds is 7. The van der Waals surface area contributed by atoms with Crippen molar-refractivity contribution in [1.29, 1.82) is 0 Å². The third-order valence-electron chi connectivity index (χ3n) is 4.72. The Labute approximate surface area is 182 Å². The molecular formula is C19H22ClFN4O6. The molecule has 0 spiro atoms. The van der Waals surface area contributed by atoms with Crippen LogP contribution in [0.25, 0.3) is 0 Å². The summed E-state index contributed by atoms with van der Waals surface area (Å²) in [5, 5.41) is 9.10. The summed E-state index contributed by atoms with van der Waals surface area (Å²) in [7, 11) is 2.34. The second kappa shape index (κ2) is 10.2. The summed E-state index contributed by atoms with van der Waals surface area (Å²) in [6.45, 7) is 1.79. The van der Waals surface area contributed by atoms with Gasteiger partial charge < -0.3 is 20.7 Å². The molecule has 3 atom stereocenters. The lowest BCUT2D eigenvalue weighted by molar-refractivity contribution is -0.139. The SMILES string of the molecule is CNC(=O)C(=O)[C@H](C[C@@H]1C[C@@H](C)NC1=O)NC(=O)c1cc(F)c(Cl)cc1NC(=O)OC. The molecule has 0 aromatic heterocycles. The van der Waals surface area contributed by atoms with Crippen LogP contribution in [-0.4, -0.2) is 55.8 Å². The normalized spacial score (nSPS) is 18.5. The van der Waals surface area contributed by atoms with Gasteiger partial charge in [-0.2, -0.15) is 0 Å². The van der Waals surface area contributed by atoms with E-state index in [-0.39, 0.29) is 34.6 Å². The number of ketones is 1. The molecule has 1 aromatic carbocycles. The number of carbonyl (C=O) groups excluding carboxylic acids is 5. The van der Waals surface area contributed by atoms with E-state index >= 15 is 0 Å². The number of likely N-dealkylation sites (N-methyl/N-ethyl adjacent to an activating group) is 1. The van der Waals surface area contributed by atoms with Gasteiger partial charge in [0.15, 0.2) is 0 Å². The minimum absolute atomic E-state index is 0.120. The van der Waals surface area contributed by atoms with Crippen molar-refractivity contribution < 1.29 is 33.1 Å². The monoisotopic (exact) mass is 456 g/mol. The van der Waals surface area contributed by atoms with Gasteiger partial charge in [-0.3, -0.25) is 24.5 Å². The molecule has 168 valence electrons. The number of ether oxygens (including phenoxy) is 1. The van der Waals surface area contributed by atoms with Crippen molar-refractivity contribution >= 4 is 46.9 Å². The lowest BCUT2D eigenvalue weighted by Crippen LogP contribution is -2.48. The van der Waals surface area contributed by atoms with Gasteiger partial charge in [0, 0.05) is 19.0 Å². The van der Waals surface area contributed by atoms with Gasteiger partial charge in [0.05, 0.1) is 29.4 Å². The summed E-state index contributed by atoms with van der Waals surface area (Å²) in [4.78, 5) is 60.8. The maximum Gasteiger partial charge on any atom is 0.411 e. The second-order valence-electron chi connectivity index (χ2n) is 6.98. The molecule has 12 heteroatoms. The molecule has 4 amide bonds. The third-order valence-corrected chi connectivity index (χ3v) is 5.01. The Morgan fingerprint density at radius 2 is 2.00 bits per heavy atom. The minimum Gasteiger partial charge on any atom is -0.453 e. The molecule has 0 unspecified atom stereocenters. The molecule has 4 N–H and O–H groups in total. The van der Waals surface area contributed by atoms with E-state index in [2.05, 4.69) is 26.0 Å². The first kappa shape index (κ1) is 24.1. The van der Waals surface area contributed by atoms with Crippen LogP contribution in [0.4, 0.5) is 14.9 Å². The van der Waals surface area contributed by atoms with Crippen LogP contribution in [-0.2, 0) is 19.1 Å². The molecule has 1 saturated heterocycles. The summed E-state index contributed by atoms with van der Waals surface area (Å²) >= 11 is 5.73. The average Bonchev–Trinajstić information content (AvgIpc) is 3.05. The van der Waals surface area contributed by atoms with Gasteiger partial charge in [-0.15, -0.1) is 0 Å². The van der Waals surface area contributed by atoms with Crippen LogP contribution in [0.15, 0.2) is 12.1 Å². The highest BCUT2D eigenvalue weighted by Crippen LogP contribution is 2.26. The predicted molar refractivity (Wildman–Crippen MR) is 108 cm³/mol.